The molecule has 0 spiro atoms. The first-order valence-corrected chi connectivity index (χ1v) is 5.80. The van der Waals surface area contributed by atoms with E-state index >= 15 is 0 Å². The first kappa shape index (κ1) is 10.7. The van der Waals surface area contributed by atoms with Crippen LogP contribution >= 0.6 is 12.6 Å². The molecule has 0 aliphatic carbocycles. The molecule has 2 rings (SSSR count). The van der Waals surface area contributed by atoms with Crippen LogP contribution in [0.4, 0.5) is 5.82 Å². The summed E-state index contributed by atoms with van der Waals surface area (Å²) >= 11 is 4.16. The van der Waals surface area contributed by atoms with E-state index in [1.165, 1.54) is 0 Å². The summed E-state index contributed by atoms with van der Waals surface area (Å²) in [5.74, 6) is 1.63. The van der Waals surface area contributed by atoms with Crippen LogP contribution in [-0.2, 0) is 5.75 Å². The molecule has 1 aromatic rings. The lowest BCUT2D eigenvalue weighted by molar-refractivity contribution is 0.311. The molecule has 0 amide bonds. The first-order valence-electron chi connectivity index (χ1n) is 5.16. The maximum atomic E-state index is 4.21. The van der Waals surface area contributed by atoms with Gasteiger partial charge in [-0.2, -0.15) is 17.7 Å². The number of aromatic nitrogens is 2. The van der Waals surface area contributed by atoms with Gasteiger partial charge in [0.15, 0.2) is 5.82 Å². The molecular formula is C10H16N4S. The van der Waals surface area contributed by atoms with Crippen molar-refractivity contribution in [2.45, 2.75) is 5.75 Å². The molecule has 0 bridgehead atoms. The Balaban J connectivity index is 2.03. The van der Waals surface area contributed by atoms with Crippen LogP contribution in [0.1, 0.15) is 5.69 Å². The van der Waals surface area contributed by atoms with E-state index in [0.717, 1.165) is 37.7 Å². The van der Waals surface area contributed by atoms with Gasteiger partial charge in [-0.3, -0.25) is 0 Å². The fourth-order valence-electron chi connectivity index (χ4n) is 1.64. The van der Waals surface area contributed by atoms with Crippen LogP contribution in [0.2, 0.25) is 0 Å². The summed E-state index contributed by atoms with van der Waals surface area (Å²) in [6, 6.07) is 4.03. The van der Waals surface area contributed by atoms with Crippen molar-refractivity contribution < 1.29 is 0 Å². The molecule has 0 aromatic carbocycles. The van der Waals surface area contributed by atoms with Crippen LogP contribution in [0.3, 0.4) is 0 Å². The monoisotopic (exact) mass is 224 g/mol. The minimum atomic E-state index is 0.649. The van der Waals surface area contributed by atoms with Crippen molar-refractivity contribution in [3.63, 3.8) is 0 Å². The highest BCUT2D eigenvalue weighted by molar-refractivity contribution is 7.79. The maximum Gasteiger partial charge on any atom is 0.151 e. The fraction of sp³-hybridized carbons (Fsp3) is 0.600. The van der Waals surface area contributed by atoms with E-state index in [0.29, 0.717) is 5.75 Å². The van der Waals surface area contributed by atoms with Crippen molar-refractivity contribution in [3.05, 3.63) is 17.8 Å². The predicted molar refractivity (Wildman–Crippen MR) is 64.4 cm³/mol. The van der Waals surface area contributed by atoms with E-state index < -0.39 is 0 Å². The Labute approximate surface area is 95.7 Å². The van der Waals surface area contributed by atoms with Crippen LogP contribution in [0.25, 0.3) is 0 Å². The highest BCUT2D eigenvalue weighted by Gasteiger charge is 2.15. The van der Waals surface area contributed by atoms with E-state index in [-0.39, 0.29) is 0 Å². The molecule has 1 saturated heterocycles. The normalized spacial score (nSPS) is 18.1. The molecule has 0 radical (unpaired) electrons. The summed E-state index contributed by atoms with van der Waals surface area (Å²) in [5.41, 5.74) is 0.927. The third kappa shape index (κ3) is 2.60. The maximum absolute atomic E-state index is 4.21. The van der Waals surface area contributed by atoms with E-state index in [9.17, 15) is 0 Å². The summed E-state index contributed by atoms with van der Waals surface area (Å²) in [6.45, 7) is 4.25. The fourth-order valence-corrected chi connectivity index (χ4v) is 1.81. The number of rotatable bonds is 2. The molecule has 1 aliphatic rings. The number of piperazine rings is 1. The Morgan fingerprint density at radius 3 is 2.47 bits per heavy atom. The zero-order chi connectivity index (χ0) is 10.7. The second-order valence-corrected chi connectivity index (χ2v) is 4.15. The van der Waals surface area contributed by atoms with Gasteiger partial charge in [0.1, 0.15) is 0 Å². The highest BCUT2D eigenvalue weighted by atomic mass is 32.1. The zero-order valence-electron chi connectivity index (χ0n) is 8.93. The lowest BCUT2D eigenvalue weighted by Crippen LogP contribution is -2.44. The van der Waals surface area contributed by atoms with Gasteiger partial charge >= 0.3 is 0 Å². The van der Waals surface area contributed by atoms with E-state index in [2.05, 4.69) is 39.7 Å². The van der Waals surface area contributed by atoms with Gasteiger partial charge in [0.25, 0.3) is 0 Å². The summed E-state index contributed by atoms with van der Waals surface area (Å²) in [7, 11) is 2.15. The average molecular weight is 224 g/mol. The van der Waals surface area contributed by atoms with Crippen LogP contribution in [0.15, 0.2) is 12.1 Å². The summed E-state index contributed by atoms with van der Waals surface area (Å²) < 4.78 is 0. The van der Waals surface area contributed by atoms with E-state index in [1.54, 1.807) is 0 Å². The number of hydrogen-bond donors (Lipinski definition) is 1. The Hall–Kier alpha value is -0.810. The zero-order valence-corrected chi connectivity index (χ0v) is 9.82. The van der Waals surface area contributed by atoms with Gasteiger partial charge in [0.2, 0.25) is 0 Å². The van der Waals surface area contributed by atoms with Crippen LogP contribution in [0, 0.1) is 0 Å². The SMILES string of the molecule is CN1CCN(c2ccc(CS)nn2)CC1. The van der Waals surface area contributed by atoms with Crippen molar-refractivity contribution in [1.82, 2.24) is 15.1 Å². The van der Waals surface area contributed by atoms with Crippen LogP contribution in [0.5, 0.6) is 0 Å². The Morgan fingerprint density at radius 2 is 1.93 bits per heavy atom. The second-order valence-electron chi connectivity index (χ2n) is 3.83. The summed E-state index contributed by atoms with van der Waals surface area (Å²) in [4.78, 5) is 4.60. The lowest BCUT2D eigenvalue weighted by Gasteiger charge is -2.32. The molecule has 1 aromatic heterocycles. The minimum absolute atomic E-state index is 0.649. The van der Waals surface area contributed by atoms with E-state index in [4.69, 9.17) is 0 Å². The molecule has 1 fully saturated rings. The van der Waals surface area contributed by atoms with Gasteiger partial charge < -0.3 is 9.80 Å². The summed E-state index contributed by atoms with van der Waals surface area (Å²) in [5, 5.41) is 8.32. The van der Waals surface area contributed by atoms with Gasteiger partial charge in [-0.25, -0.2) is 0 Å². The molecule has 0 unspecified atom stereocenters. The lowest BCUT2D eigenvalue weighted by atomic mass is 10.3. The number of nitrogens with zero attached hydrogens (tertiary/aromatic N) is 4. The van der Waals surface area contributed by atoms with Crippen molar-refractivity contribution in [2.75, 3.05) is 38.1 Å². The van der Waals surface area contributed by atoms with Gasteiger partial charge in [0, 0.05) is 31.9 Å². The molecule has 15 heavy (non-hydrogen) atoms. The van der Waals surface area contributed by atoms with Gasteiger partial charge in [-0.15, -0.1) is 5.10 Å². The van der Waals surface area contributed by atoms with Crippen LogP contribution < -0.4 is 4.90 Å². The number of hydrogen-bond acceptors (Lipinski definition) is 5. The van der Waals surface area contributed by atoms with Gasteiger partial charge in [-0.05, 0) is 19.2 Å². The van der Waals surface area contributed by atoms with Crippen molar-refractivity contribution in [3.8, 4) is 0 Å². The predicted octanol–water partition coefficient (Wildman–Crippen LogP) is 0.658. The average Bonchev–Trinajstić information content (AvgIpc) is 2.30. The molecule has 0 saturated carbocycles. The molecule has 0 N–H and O–H groups in total. The number of likely N-dealkylation sites (N-methyl/N-ethyl adjacent to an activating group) is 1. The molecule has 82 valence electrons. The quantitative estimate of drug-likeness (QED) is 0.748. The van der Waals surface area contributed by atoms with Crippen molar-refractivity contribution >= 4 is 18.4 Å². The Morgan fingerprint density at radius 1 is 1.20 bits per heavy atom. The smallest absolute Gasteiger partial charge is 0.151 e. The van der Waals surface area contributed by atoms with Crippen molar-refractivity contribution in [2.24, 2.45) is 0 Å². The molecular weight excluding hydrogens is 208 g/mol. The van der Waals surface area contributed by atoms with Gasteiger partial charge in [-0.1, -0.05) is 0 Å². The van der Waals surface area contributed by atoms with E-state index in [1.807, 2.05) is 12.1 Å². The molecule has 5 heteroatoms. The molecule has 2 heterocycles. The number of thiol groups is 1. The second kappa shape index (κ2) is 4.81. The molecule has 4 nitrogen and oxygen atoms in total. The molecule has 1 aliphatic heterocycles. The third-order valence-corrected chi connectivity index (χ3v) is 3.02. The standard InChI is InChI=1S/C10H16N4S/c1-13-4-6-14(7-5-13)10-3-2-9(8-15)11-12-10/h2-3,15H,4-8H2,1H3. The minimum Gasteiger partial charge on any atom is -0.353 e. The number of anilines is 1. The van der Waals surface area contributed by atoms with Crippen LogP contribution in [-0.4, -0.2) is 48.3 Å². The topological polar surface area (TPSA) is 32.3 Å². The Kier molecular flexibility index (Phi) is 3.43. The highest BCUT2D eigenvalue weighted by Crippen LogP contribution is 2.12. The first-order chi connectivity index (χ1) is 7.29. The third-order valence-electron chi connectivity index (χ3n) is 2.69. The summed E-state index contributed by atoms with van der Waals surface area (Å²) in [6.07, 6.45) is 0. The molecule has 0 atom stereocenters. The van der Waals surface area contributed by atoms with Crippen molar-refractivity contribution in [1.29, 1.82) is 0 Å². The Bertz CT molecular complexity index is 306. The van der Waals surface area contributed by atoms with Gasteiger partial charge in [0.05, 0.1) is 5.69 Å². The largest absolute Gasteiger partial charge is 0.353 e.